The highest BCUT2D eigenvalue weighted by atomic mass is 32.2. The Balaban J connectivity index is 2.16. The van der Waals surface area contributed by atoms with Gasteiger partial charge in [-0.15, -0.1) is 10.2 Å². The lowest BCUT2D eigenvalue weighted by atomic mass is 10.1. The van der Waals surface area contributed by atoms with Gasteiger partial charge in [0.1, 0.15) is 6.54 Å². The first-order valence-electron chi connectivity index (χ1n) is 8.06. The molecular formula is C16H22N4O3S3. The molecule has 0 aliphatic carbocycles. The first-order chi connectivity index (χ1) is 12.2. The van der Waals surface area contributed by atoms with Crippen molar-refractivity contribution < 1.29 is 13.2 Å². The van der Waals surface area contributed by atoms with Crippen LogP contribution in [0.2, 0.25) is 0 Å². The van der Waals surface area contributed by atoms with Gasteiger partial charge in [0.25, 0.3) is 0 Å². The van der Waals surface area contributed by atoms with E-state index < -0.39 is 15.9 Å². The molecule has 0 fully saturated rings. The third kappa shape index (κ3) is 5.68. The molecule has 26 heavy (non-hydrogen) atoms. The molecule has 0 saturated heterocycles. The number of thioether (sulfide) groups is 1. The Bertz CT molecular complexity index is 865. The highest BCUT2D eigenvalue weighted by Gasteiger charge is 2.23. The lowest BCUT2D eigenvalue weighted by Gasteiger charge is -2.23. The summed E-state index contributed by atoms with van der Waals surface area (Å²) >= 11 is 2.82. The van der Waals surface area contributed by atoms with Gasteiger partial charge in [-0.1, -0.05) is 62.1 Å². The van der Waals surface area contributed by atoms with Gasteiger partial charge in [0.15, 0.2) is 4.34 Å². The number of nitrogens with one attached hydrogen (secondary N) is 1. The van der Waals surface area contributed by atoms with Gasteiger partial charge in [0, 0.05) is 5.25 Å². The molecule has 1 aromatic carbocycles. The highest BCUT2D eigenvalue weighted by Crippen LogP contribution is 2.28. The molecular weight excluding hydrogens is 392 g/mol. The van der Waals surface area contributed by atoms with Gasteiger partial charge < -0.3 is 0 Å². The van der Waals surface area contributed by atoms with Crippen LogP contribution < -0.4 is 9.62 Å². The van der Waals surface area contributed by atoms with Gasteiger partial charge in [0.2, 0.25) is 21.1 Å². The number of aromatic nitrogens is 2. The molecule has 2 rings (SSSR count). The van der Waals surface area contributed by atoms with E-state index in [1.54, 1.807) is 23.9 Å². The summed E-state index contributed by atoms with van der Waals surface area (Å²) < 4.78 is 26.3. The monoisotopic (exact) mass is 414 g/mol. The van der Waals surface area contributed by atoms with E-state index in [1.165, 1.54) is 11.3 Å². The Hall–Kier alpha value is -1.65. The summed E-state index contributed by atoms with van der Waals surface area (Å²) in [6.07, 6.45) is 1.76. The van der Waals surface area contributed by atoms with E-state index in [0.717, 1.165) is 20.5 Å². The van der Waals surface area contributed by atoms with Crippen molar-refractivity contribution in [2.24, 2.45) is 0 Å². The lowest BCUT2D eigenvalue weighted by Crippen LogP contribution is -2.38. The van der Waals surface area contributed by atoms with Crippen molar-refractivity contribution >= 4 is 49.8 Å². The van der Waals surface area contributed by atoms with E-state index in [0.29, 0.717) is 22.5 Å². The fourth-order valence-electron chi connectivity index (χ4n) is 2.23. The number of benzene rings is 1. The quantitative estimate of drug-likeness (QED) is 0.527. The number of sulfonamides is 1. The molecule has 2 aromatic rings. The van der Waals surface area contributed by atoms with Gasteiger partial charge in [0.05, 0.1) is 11.9 Å². The average molecular weight is 415 g/mol. The smallest absolute Gasteiger partial charge is 0.246 e. The second-order valence-corrected chi connectivity index (χ2v) is 10.5. The normalized spacial score (nSPS) is 11.6. The molecule has 0 bridgehead atoms. The SMILES string of the molecule is CCc1ccccc1N(CC(=O)Nc1nnc(SC(C)C)s1)S(C)(=O)=O. The zero-order valence-corrected chi connectivity index (χ0v) is 17.5. The van der Waals surface area contributed by atoms with Crippen molar-refractivity contribution in [1.29, 1.82) is 0 Å². The molecule has 1 heterocycles. The number of hydrogen-bond acceptors (Lipinski definition) is 7. The molecule has 1 aromatic heterocycles. The Morgan fingerprint density at radius 1 is 1.31 bits per heavy atom. The van der Waals surface area contributed by atoms with E-state index >= 15 is 0 Å². The van der Waals surface area contributed by atoms with Crippen molar-refractivity contribution in [2.45, 2.75) is 36.8 Å². The Kier molecular flexibility index (Phi) is 7.01. The van der Waals surface area contributed by atoms with Crippen molar-refractivity contribution in [3.8, 4) is 0 Å². The van der Waals surface area contributed by atoms with Crippen LogP contribution in [-0.2, 0) is 21.2 Å². The predicted molar refractivity (Wildman–Crippen MR) is 108 cm³/mol. The van der Waals surface area contributed by atoms with Gasteiger partial charge in [-0.25, -0.2) is 8.42 Å². The minimum Gasteiger partial charge on any atom is -0.299 e. The number of amides is 1. The maximum atomic E-state index is 12.4. The van der Waals surface area contributed by atoms with Gasteiger partial charge in [-0.05, 0) is 18.1 Å². The number of rotatable bonds is 8. The predicted octanol–water partition coefficient (Wildman–Crippen LogP) is 3.01. The second kappa shape index (κ2) is 8.83. The number of aryl methyl sites for hydroxylation is 1. The summed E-state index contributed by atoms with van der Waals surface area (Å²) in [5.41, 5.74) is 1.37. The maximum Gasteiger partial charge on any atom is 0.246 e. The molecule has 1 N–H and O–H groups in total. The molecule has 0 aliphatic rings. The summed E-state index contributed by atoms with van der Waals surface area (Å²) in [7, 11) is -3.61. The average Bonchev–Trinajstić information content (AvgIpc) is 2.97. The number of para-hydroxylation sites is 1. The molecule has 0 aliphatic heterocycles. The van der Waals surface area contributed by atoms with Crippen LogP contribution in [0.4, 0.5) is 10.8 Å². The number of carbonyl (C=O) groups excluding carboxylic acids is 1. The first kappa shape index (κ1) is 20.7. The van der Waals surface area contributed by atoms with Crippen LogP contribution >= 0.6 is 23.1 Å². The van der Waals surface area contributed by atoms with Gasteiger partial charge >= 0.3 is 0 Å². The topological polar surface area (TPSA) is 92.3 Å². The van der Waals surface area contributed by atoms with E-state index in [2.05, 4.69) is 15.5 Å². The van der Waals surface area contributed by atoms with Crippen LogP contribution in [0.25, 0.3) is 0 Å². The summed E-state index contributed by atoms with van der Waals surface area (Å²) in [6, 6.07) is 7.16. The number of carbonyl (C=O) groups is 1. The highest BCUT2D eigenvalue weighted by molar-refractivity contribution is 8.01. The van der Waals surface area contributed by atoms with Crippen LogP contribution in [0, 0.1) is 0 Å². The summed E-state index contributed by atoms with van der Waals surface area (Å²) in [5.74, 6) is -0.460. The second-order valence-electron chi connectivity index (χ2n) is 5.84. The number of anilines is 2. The molecule has 0 radical (unpaired) electrons. The fourth-order valence-corrected chi connectivity index (χ4v) is 5.11. The largest absolute Gasteiger partial charge is 0.299 e. The molecule has 0 unspecified atom stereocenters. The van der Waals surface area contributed by atoms with Crippen LogP contribution in [0.5, 0.6) is 0 Å². The summed E-state index contributed by atoms with van der Waals surface area (Å²) in [6.45, 7) is 5.70. The zero-order chi connectivity index (χ0) is 19.3. The van der Waals surface area contributed by atoms with E-state index in [1.807, 2.05) is 32.9 Å². The fraction of sp³-hybridized carbons (Fsp3) is 0.438. The molecule has 7 nitrogen and oxygen atoms in total. The van der Waals surface area contributed by atoms with E-state index in [-0.39, 0.29) is 6.54 Å². The minimum absolute atomic E-state index is 0.317. The molecule has 0 atom stereocenters. The molecule has 0 spiro atoms. The zero-order valence-electron chi connectivity index (χ0n) is 15.1. The lowest BCUT2D eigenvalue weighted by molar-refractivity contribution is -0.114. The van der Waals surface area contributed by atoms with Crippen LogP contribution in [-0.4, -0.2) is 42.6 Å². The minimum atomic E-state index is -3.61. The van der Waals surface area contributed by atoms with Gasteiger partial charge in [-0.2, -0.15) is 0 Å². The third-order valence-corrected chi connectivity index (χ3v) is 6.37. The van der Waals surface area contributed by atoms with E-state index in [9.17, 15) is 13.2 Å². The number of hydrogen-bond donors (Lipinski definition) is 1. The Labute approximate surface area is 162 Å². The van der Waals surface area contributed by atoms with Crippen LogP contribution in [0.3, 0.4) is 0 Å². The summed E-state index contributed by atoms with van der Waals surface area (Å²) in [5, 5.41) is 11.3. The molecule has 10 heteroatoms. The number of nitrogens with zero attached hydrogens (tertiary/aromatic N) is 3. The van der Waals surface area contributed by atoms with Crippen molar-refractivity contribution in [1.82, 2.24) is 10.2 Å². The molecule has 0 saturated carbocycles. The third-order valence-electron chi connectivity index (χ3n) is 3.32. The summed E-state index contributed by atoms with van der Waals surface area (Å²) in [4.78, 5) is 12.4. The van der Waals surface area contributed by atoms with Crippen LogP contribution in [0.1, 0.15) is 26.3 Å². The Morgan fingerprint density at radius 3 is 2.62 bits per heavy atom. The van der Waals surface area contributed by atoms with Crippen LogP contribution in [0.15, 0.2) is 28.6 Å². The van der Waals surface area contributed by atoms with Crippen molar-refractivity contribution in [2.75, 3.05) is 22.4 Å². The van der Waals surface area contributed by atoms with Gasteiger partial charge in [-0.3, -0.25) is 14.4 Å². The van der Waals surface area contributed by atoms with Crippen molar-refractivity contribution in [3.63, 3.8) is 0 Å². The van der Waals surface area contributed by atoms with Crippen molar-refractivity contribution in [3.05, 3.63) is 29.8 Å². The van der Waals surface area contributed by atoms with E-state index in [4.69, 9.17) is 0 Å². The molecule has 1 amide bonds. The first-order valence-corrected chi connectivity index (χ1v) is 11.6. The maximum absolute atomic E-state index is 12.4. The molecule has 142 valence electrons. The Morgan fingerprint density at radius 2 is 2.00 bits per heavy atom. The standard InChI is InChI=1S/C16H22N4O3S3/c1-5-12-8-6-7-9-13(12)20(26(4,22)23)10-14(21)17-15-18-19-16(25-15)24-11(2)3/h6-9,11H,5,10H2,1-4H3,(H,17,18,21).